The normalized spacial score (nSPS) is 19.9. The summed E-state index contributed by atoms with van der Waals surface area (Å²) in [5.74, 6) is 0. The fourth-order valence-electron chi connectivity index (χ4n) is 3.13. The number of anilines is 2. The summed E-state index contributed by atoms with van der Waals surface area (Å²) in [5.41, 5.74) is 2.78. The van der Waals surface area contributed by atoms with Crippen molar-refractivity contribution in [2.45, 2.75) is 44.7 Å². The first kappa shape index (κ1) is 13.7. The average molecular weight is 273 g/mol. The maximum Gasteiger partial charge on any atom is 0.0607 e. The van der Waals surface area contributed by atoms with Gasteiger partial charge in [-0.1, -0.05) is 12.1 Å². The molecule has 1 aliphatic heterocycles. The van der Waals surface area contributed by atoms with Gasteiger partial charge in [0.2, 0.25) is 0 Å². The molecule has 0 amide bonds. The van der Waals surface area contributed by atoms with E-state index < -0.39 is 0 Å². The Morgan fingerprint density at radius 1 is 1.20 bits per heavy atom. The largest absolute Gasteiger partial charge is 0.371 e. The summed E-state index contributed by atoms with van der Waals surface area (Å²) in [5, 5.41) is 3.61. The second kappa shape index (κ2) is 6.04. The lowest BCUT2D eigenvalue weighted by atomic mass is 10.1. The molecule has 1 heterocycles. The van der Waals surface area contributed by atoms with E-state index in [1.807, 2.05) is 0 Å². The monoisotopic (exact) mass is 273 g/mol. The summed E-state index contributed by atoms with van der Waals surface area (Å²) < 4.78 is 0. The molecule has 1 unspecified atom stereocenters. The minimum atomic E-state index is 0.630. The van der Waals surface area contributed by atoms with Crippen molar-refractivity contribution < 1.29 is 0 Å². The van der Waals surface area contributed by atoms with Crippen LogP contribution in [0, 0.1) is 0 Å². The number of likely N-dealkylation sites (N-methyl/N-ethyl adjacent to an activating group) is 1. The van der Waals surface area contributed by atoms with Gasteiger partial charge in [-0.05, 0) is 51.3 Å². The highest BCUT2D eigenvalue weighted by Crippen LogP contribution is 2.33. The minimum Gasteiger partial charge on any atom is -0.371 e. The van der Waals surface area contributed by atoms with Crippen LogP contribution in [0.4, 0.5) is 11.4 Å². The SMILES string of the molecule is CC(CCCNC1CC1)N1CCN(C)c2ccccc21. The molecule has 1 aromatic carbocycles. The van der Waals surface area contributed by atoms with Gasteiger partial charge in [0.1, 0.15) is 0 Å². The molecule has 0 bridgehead atoms. The molecule has 1 atom stereocenters. The summed E-state index contributed by atoms with van der Waals surface area (Å²) in [6, 6.07) is 10.3. The van der Waals surface area contributed by atoms with Gasteiger partial charge < -0.3 is 15.1 Å². The van der Waals surface area contributed by atoms with Gasteiger partial charge in [-0.3, -0.25) is 0 Å². The van der Waals surface area contributed by atoms with Crippen LogP contribution in [0.5, 0.6) is 0 Å². The number of hydrogen-bond donors (Lipinski definition) is 1. The van der Waals surface area contributed by atoms with Crippen LogP contribution in [0.3, 0.4) is 0 Å². The Morgan fingerprint density at radius 3 is 2.70 bits per heavy atom. The van der Waals surface area contributed by atoms with E-state index in [-0.39, 0.29) is 0 Å². The average Bonchev–Trinajstić information content (AvgIpc) is 3.28. The van der Waals surface area contributed by atoms with E-state index in [0.717, 1.165) is 19.1 Å². The molecule has 20 heavy (non-hydrogen) atoms. The molecule has 1 aliphatic carbocycles. The molecule has 1 saturated carbocycles. The van der Waals surface area contributed by atoms with Gasteiger partial charge in [-0.25, -0.2) is 0 Å². The molecule has 0 spiro atoms. The maximum absolute atomic E-state index is 3.61. The molecule has 3 nitrogen and oxygen atoms in total. The van der Waals surface area contributed by atoms with Gasteiger partial charge in [0, 0.05) is 32.2 Å². The van der Waals surface area contributed by atoms with Crippen molar-refractivity contribution in [3.05, 3.63) is 24.3 Å². The van der Waals surface area contributed by atoms with Crippen molar-refractivity contribution in [3.8, 4) is 0 Å². The van der Waals surface area contributed by atoms with Crippen LogP contribution >= 0.6 is 0 Å². The van der Waals surface area contributed by atoms with Crippen molar-refractivity contribution in [2.24, 2.45) is 0 Å². The van der Waals surface area contributed by atoms with Crippen LogP contribution in [0.1, 0.15) is 32.6 Å². The van der Waals surface area contributed by atoms with E-state index >= 15 is 0 Å². The number of hydrogen-bond acceptors (Lipinski definition) is 3. The number of rotatable bonds is 6. The summed E-state index contributed by atoms with van der Waals surface area (Å²) in [4.78, 5) is 4.96. The minimum absolute atomic E-state index is 0.630. The fourth-order valence-corrected chi connectivity index (χ4v) is 3.13. The summed E-state index contributed by atoms with van der Waals surface area (Å²) in [6.45, 7) is 5.83. The van der Waals surface area contributed by atoms with E-state index in [4.69, 9.17) is 0 Å². The molecular formula is C17H27N3. The third kappa shape index (κ3) is 3.09. The summed E-state index contributed by atoms with van der Waals surface area (Å²) in [7, 11) is 2.19. The van der Waals surface area contributed by atoms with E-state index in [9.17, 15) is 0 Å². The molecule has 1 aromatic rings. The highest BCUT2D eigenvalue weighted by molar-refractivity contribution is 5.73. The molecule has 0 radical (unpaired) electrons. The quantitative estimate of drug-likeness (QED) is 0.804. The first-order valence-electron chi connectivity index (χ1n) is 8.06. The topological polar surface area (TPSA) is 18.5 Å². The molecule has 3 rings (SSSR count). The van der Waals surface area contributed by atoms with E-state index in [0.29, 0.717) is 6.04 Å². The van der Waals surface area contributed by atoms with Crippen LogP contribution in [-0.2, 0) is 0 Å². The fraction of sp³-hybridized carbons (Fsp3) is 0.647. The van der Waals surface area contributed by atoms with Gasteiger partial charge in [0.25, 0.3) is 0 Å². The Kier molecular flexibility index (Phi) is 4.16. The summed E-state index contributed by atoms with van der Waals surface area (Å²) in [6.07, 6.45) is 5.34. The Labute approximate surface area is 123 Å². The van der Waals surface area contributed by atoms with Gasteiger partial charge in [-0.15, -0.1) is 0 Å². The highest BCUT2D eigenvalue weighted by Gasteiger charge is 2.24. The van der Waals surface area contributed by atoms with Crippen LogP contribution in [0.25, 0.3) is 0 Å². The van der Waals surface area contributed by atoms with Crippen molar-refractivity contribution >= 4 is 11.4 Å². The Balaban J connectivity index is 1.57. The zero-order valence-electron chi connectivity index (χ0n) is 12.8. The second-order valence-corrected chi connectivity index (χ2v) is 6.32. The lowest BCUT2D eigenvalue weighted by Crippen LogP contribution is -2.44. The van der Waals surface area contributed by atoms with E-state index in [1.165, 1.54) is 43.6 Å². The van der Waals surface area contributed by atoms with Crippen LogP contribution in [0.15, 0.2) is 24.3 Å². The van der Waals surface area contributed by atoms with Gasteiger partial charge >= 0.3 is 0 Å². The molecule has 1 N–H and O–H groups in total. The molecule has 1 fully saturated rings. The van der Waals surface area contributed by atoms with E-state index in [1.54, 1.807) is 0 Å². The van der Waals surface area contributed by atoms with Crippen molar-refractivity contribution in [3.63, 3.8) is 0 Å². The third-order valence-electron chi connectivity index (χ3n) is 4.62. The molecule has 2 aliphatic rings. The molecule has 110 valence electrons. The predicted molar refractivity (Wildman–Crippen MR) is 86.8 cm³/mol. The Morgan fingerprint density at radius 2 is 1.95 bits per heavy atom. The smallest absolute Gasteiger partial charge is 0.0607 e. The number of fused-ring (bicyclic) bond motifs is 1. The molecular weight excluding hydrogens is 246 g/mol. The zero-order valence-corrected chi connectivity index (χ0v) is 12.8. The van der Waals surface area contributed by atoms with Crippen molar-refractivity contribution in [1.29, 1.82) is 0 Å². The van der Waals surface area contributed by atoms with Crippen molar-refractivity contribution in [2.75, 3.05) is 36.5 Å². The first-order chi connectivity index (χ1) is 9.75. The second-order valence-electron chi connectivity index (χ2n) is 6.32. The summed E-state index contributed by atoms with van der Waals surface area (Å²) >= 11 is 0. The lowest BCUT2D eigenvalue weighted by Gasteiger charge is -2.40. The van der Waals surface area contributed by atoms with Gasteiger partial charge in [-0.2, -0.15) is 0 Å². The van der Waals surface area contributed by atoms with E-state index in [2.05, 4.69) is 53.4 Å². The molecule has 0 saturated heterocycles. The van der Waals surface area contributed by atoms with Crippen LogP contribution in [-0.4, -0.2) is 38.8 Å². The number of nitrogens with one attached hydrogen (secondary N) is 1. The molecule has 0 aromatic heterocycles. The number of benzene rings is 1. The Bertz CT molecular complexity index is 442. The predicted octanol–water partition coefficient (Wildman–Crippen LogP) is 2.86. The first-order valence-corrected chi connectivity index (χ1v) is 8.06. The van der Waals surface area contributed by atoms with Crippen LogP contribution < -0.4 is 15.1 Å². The standard InChI is InChI=1S/C17H27N3/c1-14(6-5-11-18-15-9-10-15)20-13-12-19(2)16-7-3-4-8-17(16)20/h3-4,7-8,14-15,18H,5-6,9-13H2,1-2H3. The highest BCUT2D eigenvalue weighted by atomic mass is 15.3. The van der Waals surface area contributed by atoms with Crippen LogP contribution in [0.2, 0.25) is 0 Å². The third-order valence-corrected chi connectivity index (χ3v) is 4.62. The van der Waals surface area contributed by atoms with Gasteiger partial charge in [0.15, 0.2) is 0 Å². The lowest BCUT2D eigenvalue weighted by molar-refractivity contribution is 0.532. The maximum atomic E-state index is 3.61. The molecule has 3 heteroatoms. The van der Waals surface area contributed by atoms with Crippen molar-refractivity contribution in [1.82, 2.24) is 5.32 Å². The Hall–Kier alpha value is -1.22. The number of para-hydroxylation sites is 2. The van der Waals surface area contributed by atoms with Gasteiger partial charge in [0.05, 0.1) is 11.4 Å². The zero-order chi connectivity index (χ0) is 13.9. The number of nitrogens with zero attached hydrogens (tertiary/aromatic N) is 2.